The Bertz CT molecular complexity index is 659. The number of hydrogen-bond donors (Lipinski definition) is 7. The molecule has 1 fully saturated rings. The molecule has 0 aromatic carbocycles. The zero-order valence-electron chi connectivity index (χ0n) is 15.5. The molecule has 0 unspecified atom stereocenters. The third-order valence-corrected chi connectivity index (χ3v) is 3.60. The minimum Gasteiger partial charge on any atom is -0.475 e. The summed E-state index contributed by atoms with van der Waals surface area (Å²) in [5, 5.41) is 22.0. The summed E-state index contributed by atoms with van der Waals surface area (Å²) in [7, 11) is 0. The van der Waals surface area contributed by atoms with E-state index in [1.165, 1.54) is 0 Å². The molecule has 172 valence electrons. The fraction of sp³-hybridized carbons (Fsp3) is 0.692. The molecule has 14 nitrogen and oxygen atoms in total. The standard InChI is InChI=1S/C11H22N8O4.C2HF3O2/c12-6(2-1-4-16-11(14)18-19(22)23)10(21)17-7-3-5-15-8(7)9(13)20;3-2(4,5)1(6)7/h6-8,15H,1-5,12H2,(H2,13,20)(H,17,21)(H3,14,16,18);(H,6,7)/t6-,7-,8-;/m0./s1. The number of carbonyl (C=O) groups excluding carboxylic acids is 2. The first-order valence-electron chi connectivity index (χ1n) is 8.35. The highest BCUT2D eigenvalue weighted by molar-refractivity contribution is 5.85. The first-order chi connectivity index (χ1) is 13.8. The van der Waals surface area contributed by atoms with Crippen LogP contribution in [0, 0.1) is 10.1 Å². The van der Waals surface area contributed by atoms with Gasteiger partial charge in [-0.2, -0.15) is 13.2 Å². The van der Waals surface area contributed by atoms with Crippen LogP contribution in [0.15, 0.2) is 4.99 Å². The Hall–Kier alpha value is -3.21. The predicted octanol–water partition coefficient (Wildman–Crippen LogP) is -2.84. The van der Waals surface area contributed by atoms with Gasteiger partial charge in [-0.1, -0.05) is 5.43 Å². The van der Waals surface area contributed by atoms with Crippen molar-refractivity contribution < 1.29 is 37.7 Å². The molecular weight excluding hydrogens is 421 g/mol. The lowest BCUT2D eigenvalue weighted by molar-refractivity contribution is -0.525. The summed E-state index contributed by atoms with van der Waals surface area (Å²) < 4.78 is 31.7. The highest BCUT2D eigenvalue weighted by Crippen LogP contribution is 2.13. The molecule has 30 heavy (non-hydrogen) atoms. The molecular formula is C13H23F3N8O6. The molecule has 0 aliphatic carbocycles. The largest absolute Gasteiger partial charge is 0.490 e. The topological polar surface area (TPSA) is 241 Å². The number of carboxylic acid groups (broad SMARTS) is 1. The SMILES string of the molecule is NC(=O)[C@H]1NCC[C@@H]1NC(=O)[C@@H](N)CCCN=C(N)N[N+](=O)[O-].O=C(O)C(F)(F)F. The molecule has 0 radical (unpaired) electrons. The van der Waals surface area contributed by atoms with Gasteiger partial charge >= 0.3 is 12.1 Å². The third kappa shape index (κ3) is 11.0. The molecule has 10 N–H and O–H groups in total. The minimum atomic E-state index is -5.08. The van der Waals surface area contributed by atoms with Crippen LogP contribution in [0.3, 0.4) is 0 Å². The number of carboxylic acids is 1. The van der Waals surface area contributed by atoms with Crippen LogP contribution >= 0.6 is 0 Å². The normalized spacial score (nSPS) is 19.8. The number of nitrogens with two attached hydrogens (primary N) is 3. The molecule has 1 rings (SSSR count). The number of aliphatic carboxylic acids is 1. The molecule has 3 atom stereocenters. The van der Waals surface area contributed by atoms with Crippen molar-refractivity contribution in [2.75, 3.05) is 13.1 Å². The Balaban J connectivity index is 0.00000103. The van der Waals surface area contributed by atoms with E-state index in [1.807, 2.05) is 0 Å². The number of carbonyl (C=O) groups is 3. The fourth-order valence-electron chi connectivity index (χ4n) is 2.22. The summed E-state index contributed by atoms with van der Waals surface area (Å²) in [5.41, 5.74) is 17.9. The van der Waals surface area contributed by atoms with E-state index in [1.54, 1.807) is 5.43 Å². The summed E-state index contributed by atoms with van der Waals surface area (Å²) in [6, 6.07) is -1.74. The lowest BCUT2D eigenvalue weighted by Crippen LogP contribution is -2.53. The summed E-state index contributed by atoms with van der Waals surface area (Å²) in [6.07, 6.45) is -3.74. The summed E-state index contributed by atoms with van der Waals surface area (Å²) in [5.74, 6) is -3.98. The van der Waals surface area contributed by atoms with Crippen molar-refractivity contribution in [2.45, 2.75) is 43.6 Å². The zero-order valence-corrected chi connectivity index (χ0v) is 15.5. The number of rotatable bonds is 8. The highest BCUT2D eigenvalue weighted by Gasteiger charge is 2.38. The number of nitrogens with zero attached hydrogens (tertiary/aromatic N) is 2. The van der Waals surface area contributed by atoms with Crippen LogP contribution in [0.4, 0.5) is 13.2 Å². The van der Waals surface area contributed by atoms with Crippen LogP contribution in [0.25, 0.3) is 0 Å². The number of nitro groups is 1. The van der Waals surface area contributed by atoms with Crippen LogP contribution in [0.1, 0.15) is 19.3 Å². The van der Waals surface area contributed by atoms with Gasteiger partial charge in [0.2, 0.25) is 11.8 Å². The van der Waals surface area contributed by atoms with Gasteiger partial charge in [-0.25, -0.2) is 19.9 Å². The first kappa shape index (κ1) is 26.8. The molecule has 1 heterocycles. The maximum atomic E-state index is 12.0. The van der Waals surface area contributed by atoms with Crippen molar-refractivity contribution in [1.29, 1.82) is 0 Å². The number of aliphatic imine (C=N–C) groups is 1. The molecule has 0 spiro atoms. The zero-order chi connectivity index (χ0) is 23.5. The minimum absolute atomic E-state index is 0.197. The summed E-state index contributed by atoms with van der Waals surface area (Å²) in [6.45, 7) is 0.785. The van der Waals surface area contributed by atoms with E-state index in [4.69, 9.17) is 27.1 Å². The lowest BCUT2D eigenvalue weighted by Gasteiger charge is -2.20. The molecule has 17 heteroatoms. The Kier molecular flexibility index (Phi) is 11.0. The molecule has 1 aliphatic rings. The van der Waals surface area contributed by atoms with Gasteiger partial charge in [-0.05, 0) is 25.8 Å². The predicted molar refractivity (Wildman–Crippen MR) is 95.1 cm³/mol. The van der Waals surface area contributed by atoms with E-state index < -0.39 is 35.2 Å². The van der Waals surface area contributed by atoms with Gasteiger partial charge in [-0.3, -0.25) is 9.59 Å². The van der Waals surface area contributed by atoms with E-state index in [0.717, 1.165) is 0 Å². The number of hydrogen-bond acceptors (Lipinski definition) is 8. The van der Waals surface area contributed by atoms with Gasteiger partial charge in [0.05, 0.1) is 12.1 Å². The van der Waals surface area contributed by atoms with Crippen LogP contribution in [-0.4, -0.2) is 71.3 Å². The summed E-state index contributed by atoms with van der Waals surface area (Å²) >= 11 is 0. The van der Waals surface area contributed by atoms with Crippen LogP contribution in [0.2, 0.25) is 0 Å². The Labute approximate surface area is 167 Å². The van der Waals surface area contributed by atoms with Crippen molar-refractivity contribution in [3.8, 4) is 0 Å². The average Bonchev–Trinajstić information content (AvgIpc) is 3.06. The number of primary amides is 1. The van der Waals surface area contributed by atoms with Gasteiger partial charge in [0, 0.05) is 6.54 Å². The second-order valence-corrected chi connectivity index (χ2v) is 5.93. The first-order valence-corrected chi connectivity index (χ1v) is 8.35. The van der Waals surface area contributed by atoms with Gasteiger partial charge in [0.15, 0.2) is 5.03 Å². The number of hydrazine groups is 1. The number of halogens is 3. The van der Waals surface area contributed by atoms with Crippen LogP contribution in [-0.2, 0) is 14.4 Å². The maximum Gasteiger partial charge on any atom is 0.490 e. The third-order valence-electron chi connectivity index (χ3n) is 3.60. The Morgan fingerprint density at radius 2 is 1.90 bits per heavy atom. The van der Waals surface area contributed by atoms with Crippen molar-refractivity contribution in [2.24, 2.45) is 22.2 Å². The van der Waals surface area contributed by atoms with E-state index in [9.17, 15) is 32.9 Å². The second-order valence-electron chi connectivity index (χ2n) is 5.93. The van der Waals surface area contributed by atoms with Crippen molar-refractivity contribution >= 4 is 23.7 Å². The van der Waals surface area contributed by atoms with E-state index in [0.29, 0.717) is 25.8 Å². The second kappa shape index (κ2) is 12.4. The molecule has 2 amide bonds. The molecule has 1 saturated heterocycles. The number of guanidine groups is 1. The number of amides is 2. The van der Waals surface area contributed by atoms with Crippen molar-refractivity contribution in [3.63, 3.8) is 0 Å². The lowest BCUT2D eigenvalue weighted by atomic mass is 10.1. The molecule has 0 aromatic rings. The average molecular weight is 444 g/mol. The highest BCUT2D eigenvalue weighted by atomic mass is 19.4. The fourth-order valence-corrected chi connectivity index (χ4v) is 2.22. The monoisotopic (exact) mass is 444 g/mol. The van der Waals surface area contributed by atoms with E-state index in [-0.39, 0.29) is 24.5 Å². The molecule has 0 bridgehead atoms. The smallest absolute Gasteiger partial charge is 0.475 e. The maximum absolute atomic E-state index is 12.0. The van der Waals surface area contributed by atoms with Crippen molar-refractivity contribution in [1.82, 2.24) is 16.1 Å². The van der Waals surface area contributed by atoms with Gasteiger partial charge in [0.1, 0.15) is 6.04 Å². The van der Waals surface area contributed by atoms with E-state index >= 15 is 0 Å². The van der Waals surface area contributed by atoms with Crippen molar-refractivity contribution in [3.05, 3.63) is 10.1 Å². The summed E-state index contributed by atoms with van der Waals surface area (Å²) in [4.78, 5) is 45.9. The van der Waals surface area contributed by atoms with Gasteiger partial charge < -0.3 is 32.9 Å². The van der Waals surface area contributed by atoms with Crippen LogP contribution in [0.5, 0.6) is 0 Å². The van der Waals surface area contributed by atoms with Gasteiger partial charge in [0.25, 0.3) is 5.96 Å². The molecule has 0 aromatic heterocycles. The Morgan fingerprint density at radius 1 is 1.33 bits per heavy atom. The quantitative estimate of drug-likeness (QED) is 0.0664. The Morgan fingerprint density at radius 3 is 2.37 bits per heavy atom. The van der Waals surface area contributed by atoms with Gasteiger partial charge in [-0.15, -0.1) is 0 Å². The number of alkyl halides is 3. The molecule has 0 saturated carbocycles. The number of nitrogens with one attached hydrogen (secondary N) is 3. The van der Waals surface area contributed by atoms with Crippen LogP contribution < -0.4 is 33.3 Å². The molecule has 1 aliphatic heterocycles. The van der Waals surface area contributed by atoms with E-state index in [2.05, 4.69) is 15.6 Å².